The van der Waals surface area contributed by atoms with Gasteiger partial charge in [0.1, 0.15) is 11.9 Å². The predicted molar refractivity (Wildman–Crippen MR) is 135 cm³/mol. The van der Waals surface area contributed by atoms with Crippen LogP contribution in [0.25, 0.3) is 0 Å². The number of aliphatic hydroxyl groups excluding tert-OH is 1. The molecule has 2 N–H and O–H groups in total. The highest BCUT2D eigenvalue weighted by Gasteiger charge is 2.28. The third-order valence-electron chi connectivity index (χ3n) is 7.53. The Labute approximate surface area is 208 Å². The molecule has 1 fully saturated rings. The van der Waals surface area contributed by atoms with Gasteiger partial charge in [0.15, 0.2) is 0 Å². The normalized spacial score (nSPS) is 23.7. The molecule has 0 bridgehead atoms. The van der Waals surface area contributed by atoms with E-state index in [4.69, 9.17) is 9.47 Å². The molecule has 3 atom stereocenters. The number of amides is 1. The van der Waals surface area contributed by atoms with Gasteiger partial charge >= 0.3 is 0 Å². The molecule has 7 heteroatoms. The Morgan fingerprint density at radius 2 is 2.06 bits per heavy atom. The van der Waals surface area contributed by atoms with Gasteiger partial charge in [-0.25, -0.2) is 0 Å². The number of ether oxygens (including phenoxy) is 2. The number of carbonyl (C=O) groups is 1. The van der Waals surface area contributed by atoms with Gasteiger partial charge in [-0.1, -0.05) is 30.3 Å². The van der Waals surface area contributed by atoms with E-state index in [0.717, 1.165) is 51.2 Å². The van der Waals surface area contributed by atoms with Crippen molar-refractivity contribution in [2.45, 2.75) is 57.0 Å². The van der Waals surface area contributed by atoms with Gasteiger partial charge in [0.05, 0.1) is 24.8 Å². The summed E-state index contributed by atoms with van der Waals surface area (Å²) in [7, 11) is 1.75. The zero-order valence-electron chi connectivity index (χ0n) is 20.6. The lowest BCUT2D eigenvalue weighted by Crippen LogP contribution is -2.40. The van der Waals surface area contributed by atoms with Gasteiger partial charge in [-0.15, -0.1) is 0 Å². The standard InChI is InChI=1S/C28H37N3O4/c1-34-19-23-7-4-11-31(23)16-20-8-9-26-27(13-20)35-25(15-29-28(26)33)14-24(32)18-30-12-10-21-5-2-3-6-22(21)17-30/h2-3,5-6,8-9,13,23-25,32H,4,7,10-12,14-19H2,1H3,(H,29,33)/t23-,24?,25-/m1/s1. The molecule has 1 amide bonds. The first-order valence-corrected chi connectivity index (χ1v) is 12.9. The van der Waals surface area contributed by atoms with Crippen LogP contribution in [-0.2, 0) is 24.2 Å². The Kier molecular flexibility index (Phi) is 7.68. The maximum atomic E-state index is 12.7. The van der Waals surface area contributed by atoms with E-state index in [1.165, 1.54) is 17.5 Å². The van der Waals surface area contributed by atoms with E-state index in [2.05, 4.69) is 39.4 Å². The summed E-state index contributed by atoms with van der Waals surface area (Å²) in [6.45, 7) is 5.42. The summed E-state index contributed by atoms with van der Waals surface area (Å²) in [5.74, 6) is 0.499. The molecule has 0 saturated carbocycles. The monoisotopic (exact) mass is 479 g/mol. The number of likely N-dealkylation sites (tertiary alicyclic amines) is 1. The van der Waals surface area contributed by atoms with E-state index in [1.807, 2.05) is 18.2 Å². The van der Waals surface area contributed by atoms with Crippen molar-refractivity contribution in [3.63, 3.8) is 0 Å². The summed E-state index contributed by atoms with van der Waals surface area (Å²) in [5, 5.41) is 13.9. The molecule has 3 aliphatic heterocycles. The van der Waals surface area contributed by atoms with Crippen molar-refractivity contribution in [3.8, 4) is 5.75 Å². The lowest BCUT2D eigenvalue weighted by molar-refractivity contribution is 0.0602. The number of hydrogen-bond donors (Lipinski definition) is 2. The van der Waals surface area contributed by atoms with Crippen molar-refractivity contribution < 1.29 is 19.4 Å². The molecule has 0 spiro atoms. The van der Waals surface area contributed by atoms with Gasteiger partial charge in [-0.3, -0.25) is 14.6 Å². The van der Waals surface area contributed by atoms with Gasteiger partial charge in [-0.2, -0.15) is 0 Å². The molecule has 1 unspecified atom stereocenters. The summed E-state index contributed by atoms with van der Waals surface area (Å²) in [6.07, 6.45) is 3.03. The number of carbonyl (C=O) groups excluding carboxylic acids is 1. The van der Waals surface area contributed by atoms with Crippen LogP contribution in [0.15, 0.2) is 42.5 Å². The van der Waals surface area contributed by atoms with Crippen molar-refractivity contribution >= 4 is 5.91 Å². The SMILES string of the molecule is COC[C@H]1CCCN1Cc1ccc2c(c1)O[C@H](CC(O)CN1CCc3ccccc3C1)CNC2=O. The highest BCUT2D eigenvalue weighted by Crippen LogP contribution is 2.28. The van der Waals surface area contributed by atoms with Gasteiger partial charge in [0.2, 0.25) is 0 Å². The largest absolute Gasteiger partial charge is 0.488 e. The van der Waals surface area contributed by atoms with Crippen molar-refractivity contribution in [1.29, 1.82) is 0 Å². The second-order valence-electron chi connectivity index (χ2n) is 10.1. The highest BCUT2D eigenvalue weighted by atomic mass is 16.5. The zero-order chi connectivity index (χ0) is 24.2. The number of nitrogens with zero attached hydrogens (tertiary/aromatic N) is 2. The number of nitrogens with one attached hydrogen (secondary N) is 1. The minimum absolute atomic E-state index is 0.116. The molecule has 5 rings (SSSR count). The maximum Gasteiger partial charge on any atom is 0.255 e. The molecule has 3 aliphatic rings. The van der Waals surface area contributed by atoms with Gasteiger partial charge in [-0.05, 0) is 54.6 Å². The Morgan fingerprint density at radius 3 is 2.91 bits per heavy atom. The van der Waals surface area contributed by atoms with Gasteiger partial charge in [0, 0.05) is 45.8 Å². The molecule has 188 valence electrons. The first kappa shape index (κ1) is 24.3. The van der Waals surface area contributed by atoms with E-state index in [1.54, 1.807) is 7.11 Å². The number of fused-ring (bicyclic) bond motifs is 2. The molecule has 1 saturated heterocycles. The smallest absolute Gasteiger partial charge is 0.255 e. The second-order valence-corrected chi connectivity index (χ2v) is 10.1. The fourth-order valence-electron chi connectivity index (χ4n) is 5.71. The van der Waals surface area contributed by atoms with Crippen molar-refractivity contribution in [2.24, 2.45) is 0 Å². The molecular formula is C28H37N3O4. The quantitative estimate of drug-likeness (QED) is 0.606. The average molecular weight is 480 g/mol. The number of aliphatic hydroxyl groups is 1. The summed E-state index contributed by atoms with van der Waals surface area (Å²) in [6, 6.07) is 14.9. The molecular weight excluding hydrogens is 442 g/mol. The minimum atomic E-state index is -0.522. The van der Waals surface area contributed by atoms with Crippen LogP contribution in [0.3, 0.4) is 0 Å². The van der Waals surface area contributed by atoms with Crippen LogP contribution >= 0.6 is 0 Å². The molecule has 35 heavy (non-hydrogen) atoms. The van der Waals surface area contributed by atoms with Crippen LogP contribution in [0.2, 0.25) is 0 Å². The lowest BCUT2D eigenvalue weighted by atomic mass is 9.99. The minimum Gasteiger partial charge on any atom is -0.488 e. The van der Waals surface area contributed by atoms with Gasteiger partial charge in [0.25, 0.3) is 5.91 Å². The van der Waals surface area contributed by atoms with Crippen molar-refractivity contribution in [1.82, 2.24) is 15.1 Å². The van der Waals surface area contributed by atoms with Crippen molar-refractivity contribution in [3.05, 3.63) is 64.7 Å². The van der Waals surface area contributed by atoms with Crippen molar-refractivity contribution in [2.75, 3.05) is 39.9 Å². The number of benzene rings is 2. The van der Waals surface area contributed by atoms with Crippen LogP contribution < -0.4 is 10.1 Å². The van der Waals surface area contributed by atoms with Crippen LogP contribution in [-0.4, -0.2) is 79.0 Å². The Balaban J connectivity index is 1.21. The zero-order valence-corrected chi connectivity index (χ0v) is 20.6. The molecule has 2 aromatic rings. The first-order chi connectivity index (χ1) is 17.1. The van der Waals surface area contributed by atoms with Crippen LogP contribution in [0.1, 0.15) is 46.3 Å². The topological polar surface area (TPSA) is 74.3 Å². The van der Waals surface area contributed by atoms with Gasteiger partial charge < -0.3 is 19.9 Å². The molecule has 2 aromatic carbocycles. The second kappa shape index (κ2) is 11.1. The Bertz CT molecular complexity index is 1030. The Hall–Kier alpha value is -2.45. The molecule has 0 radical (unpaired) electrons. The van der Waals surface area contributed by atoms with Crippen LogP contribution in [0.5, 0.6) is 5.75 Å². The average Bonchev–Trinajstić information content (AvgIpc) is 3.22. The number of hydrogen-bond acceptors (Lipinski definition) is 6. The number of β-amino-alcohol motifs (C(OH)–C–C–N with tert-alkyl or cyclic N) is 1. The molecule has 7 nitrogen and oxygen atoms in total. The van der Waals surface area contributed by atoms with Crippen LogP contribution in [0.4, 0.5) is 0 Å². The van der Waals surface area contributed by atoms with Crippen LogP contribution in [0, 0.1) is 0 Å². The predicted octanol–water partition coefficient (Wildman–Crippen LogP) is 2.60. The molecule has 3 heterocycles. The summed E-state index contributed by atoms with van der Waals surface area (Å²) in [5.41, 5.74) is 4.44. The van der Waals surface area contributed by atoms with E-state index in [0.29, 0.717) is 36.9 Å². The fraction of sp³-hybridized carbons (Fsp3) is 0.536. The summed E-state index contributed by atoms with van der Waals surface area (Å²) >= 11 is 0. The third kappa shape index (κ3) is 5.86. The van der Waals surface area contributed by atoms with E-state index in [9.17, 15) is 9.90 Å². The third-order valence-corrected chi connectivity index (χ3v) is 7.53. The first-order valence-electron chi connectivity index (χ1n) is 12.9. The summed E-state index contributed by atoms with van der Waals surface area (Å²) < 4.78 is 11.7. The molecule has 0 aliphatic carbocycles. The highest BCUT2D eigenvalue weighted by molar-refractivity contribution is 5.97. The summed E-state index contributed by atoms with van der Waals surface area (Å²) in [4.78, 5) is 17.4. The maximum absolute atomic E-state index is 12.7. The van der Waals surface area contributed by atoms with E-state index >= 15 is 0 Å². The van der Waals surface area contributed by atoms with E-state index < -0.39 is 6.10 Å². The fourth-order valence-corrected chi connectivity index (χ4v) is 5.71. The van der Waals surface area contributed by atoms with E-state index in [-0.39, 0.29) is 12.0 Å². The number of rotatable bonds is 8. The number of methoxy groups -OCH3 is 1. The lowest BCUT2D eigenvalue weighted by Gasteiger charge is -2.31. The molecule has 0 aromatic heterocycles. The Morgan fingerprint density at radius 1 is 1.20 bits per heavy atom.